The summed E-state index contributed by atoms with van der Waals surface area (Å²) in [5.41, 5.74) is 2.19. The molecule has 5 nitrogen and oxygen atoms in total. The zero-order valence-corrected chi connectivity index (χ0v) is 17.0. The van der Waals surface area contributed by atoms with Crippen LogP contribution < -0.4 is 4.90 Å². The zero-order valence-electron chi connectivity index (χ0n) is 14.9. The van der Waals surface area contributed by atoms with Crippen LogP contribution in [-0.2, 0) is 9.59 Å². The second-order valence-corrected chi connectivity index (χ2v) is 8.32. The van der Waals surface area contributed by atoms with Crippen molar-refractivity contribution in [3.63, 3.8) is 0 Å². The van der Waals surface area contributed by atoms with Crippen LogP contribution in [0.2, 0.25) is 0 Å². The predicted octanol–water partition coefficient (Wildman–Crippen LogP) is 3.54. The number of anilines is 1. The number of carbonyl (C=O) groups excluding carboxylic acids is 3. The maximum atomic E-state index is 13.1. The first-order chi connectivity index (χ1) is 13.0. The Balaban J connectivity index is 1.63. The number of carbonyl (C=O) groups is 3. The maximum absolute atomic E-state index is 13.1. The van der Waals surface area contributed by atoms with Gasteiger partial charge in [-0.15, -0.1) is 0 Å². The lowest BCUT2D eigenvalue weighted by molar-refractivity contribution is -0.122. The number of hydrogen-bond donors (Lipinski definition) is 0. The average molecular weight is 474 g/mol. The van der Waals surface area contributed by atoms with E-state index in [9.17, 15) is 14.4 Å². The monoisotopic (exact) mass is 474 g/mol. The summed E-state index contributed by atoms with van der Waals surface area (Å²) in [6.07, 6.45) is 1.79. The van der Waals surface area contributed by atoms with Gasteiger partial charge in [-0.1, -0.05) is 17.7 Å². The van der Waals surface area contributed by atoms with Gasteiger partial charge in [0.1, 0.15) is 6.04 Å². The van der Waals surface area contributed by atoms with Crippen LogP contribution in [0, 0.1) is 10.5 Å². The van der Waals surface area contributed by atoms with E-state index in [0.29, 0.717) is 11.3 Å². The van der Waals surface area contributed by atoms with Crippen LogP contribution in [-0.4, -0.2) is 34.7 Å². The summed E-state index contributed by atoms with van der Waals surface area (Å²) in [5.74, 6) is -0.741. The topological polar surface area (TPSA) is 57.7 Å². The molecule has 2 fully saturated rings. The summed E-state index contributed by atoms with van der Waals surface area (Å²) < 4.78 is 1.03. The number of hydrogen-bond acceptors (Lipinski definition) is 3. The minimum atomic E-state index is -0.724. The molecule has 0 spiro atoms. The van der Waals surface area contributed by atoms with E-state index in [1.54, 1.807) is 29.2 Å². The number of nitrogens with zero attached hydrogens (tertiary/aromatic N) is 2. The highest BCUT2D eigenvalue weighted by Crippen LogP contribution is 2.35. The van der Waals surface area contributed by atoms with E-state index in [1.807, 2.05) is 31.2 Å². The van der Waals surface area contributed by atoms with Crippen molar-refractivity contribution in [2.45, 2.75) is 38.3 Å². The molecular weight excluding hydrogens is 455 g/mol. The lowest BCUT2D eigenvalue weighted by Crippen LogP contribution is -2.46. The molecule has 2 aromatic carbocycles. The molecule has 3 amide bonds. The van der Waals surface area contributed by atoms with Crippen molar-refractivity contribution in [2.75, 3.05) is 4.90 Å². The first kappa shape index (κ1) is 18.2. The van der Waals surface area contributed by atoms with E-state index in [0.717, 1.165) is 22.0 Å². The summed E-state index contributed by atoms with van der Waals surface area (Å²) in [6, 6.07) is 13.9. The molecule has 138 valence electrons. The van der Waals surface area contributed by atoms with Gasteiger partial charge in [0.2, 0.25) is 5.91 Å². The molecule has 1 aliphatic heterocycles. The Morgan fingerprint density at radius 1 is 1.04 bits per heavy atom. The number of halogens is 1. The summed E-state index contributed by atoms with van der Waals surface area (Å²) in [4.78, 5) is 41.6. The molecule has 1 heterocycles. The van der Waals surface area contributed by atoms with E-state index in [2.05, 4.69) is 22.6 Å². The second kappa shape index (κ2) is 7.07. The van der Waals surface area contributed by atoms with Crippen LogP contribution in [0.5, 0.6) is 0 Å². The summed E-state index contributed by atoms with van der Waals surface area (Å²) in [5, 5.41) is 0. The average Bonchev–Trinajstić information content (AvgIpc) is 3.43. The molecule has 0 aromatic heterocycles. The van der Waals surface area contributed by atoms with Crippen LogP contribution in [0.4, 0.5) is 5.69 Å². The van der Waals surface area contributed by atoms with Crippen molar-refractivity contribution in [1.82, 2.24) is 4.90 Å². The van der Waals surface area contributed by atoms with Crippen molar-refractivity contribution < 1.29 is 14.4 Å². The minimum Gasteiger partial charge on any atom is -0.323 e. The number of aryl methyl sites for hydroxylation is 1. The van der Waals surface area contributed by atoms with Gasteiger partial charge in [0.15, 0.2) is 0 Å². The second-order valence-electron chi connectivity index (χ2n) is 7.07. The van der Waals surface area contributed by atoms with E-state index in [-0.39, 0.29) is 30.2 Å². The van der Waals surface area contributed by atoms with Gasteiger partial charge < -0.3 is 4.90 Å². The molecule has 1 saturated carbocycles. The van der Waals surface area contributed by atoms with Gasteiger partial charge in [-0.05, 0) is 78.8 Å². The van der Waals surface area contributed by atoms with Gasteiger partial charge in [-0.3, -0.25) is 14.4 Å². The number of amides is 3. The van der Waals surface area contributed by atoms with Crippen LogP contribution in [0.3, 0.4) is 0 Å². The highest BCUT2D eigenvalue weighted by molar-refractivity contribution is 14.1. The Morgan fingerprint density at radius 2 is 1.67 bits per heavy atom. The normalized spacial score (nSPS) is 19.5. The molecule has 1 atom stereocenters. The van der Waals surface area contributed by atoms with Crippen molar-refractivity contribution in [1.29, 1.82) is 0 Å². The van der Waals surface area contributed by atoms with E-state index in [1.165, 1.54) is 4.90 Å². The first-order valence-electron chi connectivity index (χ1n) is 8.97. The molecule has 2 aliphatic rings. The third-order valence-electron chi connectivity index (χ3n) is 5.02. The molecule has 1 aliphatic carbocycles. The van der Waals surface area contributed by atoms with Crippen molar-refractivity contribution in [3.8, 4) is 0 Å². The standard InChI is InChI=1S/C21H19IN2O3/c1-13-2-4-14(5-3-13)20(26)23(16-10-11-16)18-12-19(25)24(21(18)27)17-8-6-15(22)7-9-17/h2-9,16,18H,10-12H2,1H3. The van der Waals surface area contributed by atoms with E-state index in [4.69, 9.17) is 0 Å². The molecule has 1 unspecified atom stereocenters. The molecule has 0 bridgehead atoms. The molecule has 4 rings (SSSR count). The fourth-order valence-corrected chi connectivity index (χ4v) is 3.81. The Hall–Kier alpha value is -2.22. The molecular formula is C21H19IN2O3. The summed E-state index contributed by atoms with van der Waals surface area (Å²) in [7, 11) is 0. The van der Waals surface area contributed by atoms with Crippen LogP contribution in [0.1, 0.15) is 35.2 Å². The lowest BCUT2D eigenvalue weighted by atomic mass is 10.1. The van der Waals surface area contributed by atoms with E-state index < -0.39 is 6.04 Å². The quantitative estimate of drug-likeness (QED) is 0.504. The molecule has 6 heteroatoms. The molecule has 27 heavy (non-hydrogen) atoms. The predicted molar refractivity (Wildman–Crippen MR) is 110 cm³/mol. The highest BCUT2D eigenvalue weighted by Gasteiger charge is 2.48. The smallest absolute Gasteiger partial charge is 0.257 e. The molecule has 1 saturated heterocycles. The van der Waals surface area contributed by atoms with Gasteiger partial charge in [0.25, 0.3) is 11.8 Å². The van der Waals surface area contributed by atoms with Gasteiger partial charge >= 0.3 is 0 Å². The lowest BCUT2D eigenvalue weighted by Gasteiger charge is -2.27. The van der Waals surface area contributed by atoms with Crippen LogP contribution >= 0.6 is 22.6 Å². The number of rotatable bonds is 4. The van der Waals surface area contributed by atoms with Gasteiger partial charge in [0.05, 0.1) is 12.1 Å². The van der Waals surface area contributed by atoms with Gasteiger partial charge in [0, 0.05) is 15.2 Å². The molecule has 0 radical (unpaired) electrons. The molecule has 0 N–H and O–H groups in total. The summed E-state index contributed by atoms with van der Waals surface area (Å²) in [6.45, 7) is 1.96. The maximum Gasteiger partial charge on any atom is 0.257 e. The van der Waals surface area contributed by atoms with Gasteiger partial charge in [-0.25, -0.2) is 4.90 Å². The third kappa shape index (κ3) is 3.50. The minimum absolute atomic E-state index is 0.0391. The fraction of sp³-hybridized carbons (Fsp3) is 0.286. The van der Waals surface area contributed by atoms with Crippen molar-refractivity contribution in [3.05, 3.63) is 63.2 Å². The fourth-order valence-electron chi connectivity index (χ4n) is 3.45. The first-order valence-corrected chi connectivity index (χ1v) is 10.1. The SMILES string of the molecule is Cc1ccc(C(=O)N(C2CC2)C2CC(=O)N(c3ccc(I)cc3)C2=O)cc1. The Morgan fingerprint density at radius 3 is 2.26 bits per heavy atom. The number of imide groups is 1. The van der Waals surface area contributed by atoms with Crippen molar-refractivity contribution >= 4 is 46.0 Å². The van der Waals surface area contributed by atoms with Crippen molar-refractivity contribution in [2.24, 2.45) is 0 Å². The largest absolute Gasteiger partial charge is 0.323 e. The third-order valence-corrected chi connectivity index (χ3v) is 5.74. The van der Waals surface area contributed by atoms with E-state index >= 15 is 0 Å². The Bertz CT molecular complexity index is 904. The Labute approximate surface area is 171 Å². The van der Waals surface area contributed by atoms with Crippen LogP contribution in [0.25, 0.3) is 0 Å². The number of benzene rings is 2. The molecule has 2 aromatic rings. The van der Waals surface area contributed by atoms with Gasteiger partial charge in [-0.2, -0.15) is 0 Å². The Kier molecular flexibility index (Phi) is 4.75. The zero-order chi connectivity index (χ0) is 19.1. The highest BCUT2D eigenvalue weighted by atomic mass is 127. The summed E-state index contributed by atoms with van der Waals surface area (Å²) >= 11 is 2.18. The van der Waals surface area contributed by atoms with Crippen LogP contribution in [0.15, 0.2) is 48.5 Å².